The number of anilines is 1. The number of rotatable bonds is 4. The van der Waals surface area contributed by atoms with E-state index in [1.54, 1.807) is 0 Å². The minimum atomic E-state index is -0.477. The maximum absolute atomic E-state index is 11.9. The number of primary amides is 1. The molecule has 0 fully saturated rings. The number of ether oxygens (including phenoxy) is 1. The summed E-state index contributed by atoms with van der Waals surface area (Å²) >= 11 is 0. The summed E-state index contributed by atoms with van der Waals surface area (Å²) in [7, 11) is 0. The number of benzene rings is 2. The first-order valence-corrected chi connectivity index (χ1v) is 8.20. The second-order valence-electron chi connectivity index (χ2n) is 5.88. The third-order valence-corrected chi connectivity index (χ3v) is 4.14. The fraction of sp³-hybridized carbons (Fsp3) is 0.158. The molecule has 0 aliphatic carbocycles. The first-order chi connectivity index (χ1) is 12.2. The number of fused-ring (bicyclic) bond motifs is 1. The van der Waals surface area contributed by atoms with Crippen molar-refractivity contribution >= 4 is 11.7 Å². The molecule has 2 aromatic carbocycles. The number of para-hydroxylation sites is 1. The Hall–Kier alpha value is -3.28. The van der Waals surface area contributed by atoms with Gasteiger partial charge in [0.05, 0.1) is 0 Å². The Kier molecular flexibility index (Phi) is 3.85. The topological polar surface area (TPSA) is 82.2 Å². The van der Waals surface area contributed by atoms with Crippen molar-refractivity contribution in [2.75, 3.05) is 11.9 Å². The van der Waals surface area contributed by atoms with Crippen molar-refractivity contribution < 1.29 is 9.53 Å². The predicted molar refractivity (Wildman–Crippen MR) is 95.8 cm³/mol. The van der Waals surface area contributed by atoms with Gasteiger partial charge in [0.25, 0.3) is 5.91 Å². The fourth-order valence-electron chi connectivity index (χ4n) is 2.98. The van der Waals surface area contributed by atoms with Gasteiger partial charge in [0.1, 0.15) is 28.6 Å². The molecule has 0 unspecified atom stereocenters. The number of nitrogens with zero attached hydrogens (tertiary/aromatic N) is 2. The van der Waals surface area contributed by atoms with Crippen LogP contribution in [0.15, 0.2) is 54.6 Å². The van der Waals surface area contributed by atoms with Crippen molar-refractivity contribution in [3.63, 3.8) is 0 Å². The number of carbonyl (C=O) groups excluding carboxylic acids is 1. The van der Waals surface area contributed by atoms with Gasteiger partial charge in [-0.3, -0.25) is 4.79 Å². The Labute approximate surface area is 145 Å². The van der Waals surface area contributed by atoms with Crippen molar-refractivity contribution in [3.8, 4) is 22.8 Å². The maximum Gasteiger partial charge on any atom is 0.254 e. The van der Waals surface area contributed by atoms with E-state index >= 15 is 0 Å². The zero-order valence-electron chi connectivity index (χ0n) is 13.6. The zero-order valence-corrected chi connectivity index (χ0v) is 13.6. The summed E-state index contributed by atoms with van der Waals surface area (Å²) in [6.07, 6.45) is 0.968. The molecular weight excluding hydrogens is 316 g/mol. The lowest BCUT2D eigenvalue weighted by Gasteiger charge is -2.15. The van der Waals surface area contributed by atoms with Crippen LogP contribution in [-0.2, 0) is 6.54 Å². The third kappa shape index (κ3) is 2.94. The van der Waals surface area contributed by atoms with E-state index in [4.69, 9.17) is 10.5 Å². The smallest absolute Gasteiger partial charge is 0.254 e. The van der Waals surface area contributed by atoms with Crippen molar-refractivity contribution in [3.05, 3.63) is 60.2 Å². The first-order valence-electron chi connectivity index (χ1n) is 8.20. The maximum atomic E-state index is 11.9. The summed E-state index contributed by atoms with van der Waals surface area (Å²) in [5, 5.41) is 7.79. The average Bonchev–Trinajstić information content (AvgIpc) is 3.03. The van der Waals surface area contributed by atoms with E-state index in [0.717, 1.165) is 36.6 Å². The lowest BCUT2D eigenvalue weighted by molar-refractivity contribution is 0.100. The molecular formula is C19H18N4O2. The molecule has 6 heteroatoms. The van der Waals surface area contributed by atoms with E-state index in [0.29, 0.717) is 17.1 Å². The van der Waals surface area contributed by atoms with Crippen LogP contribution in [0.1, 0.15) is 16.8 Å². The van der Waals surface area contributed by atoms with Gasteiger partial charge in [-0.05, 0) is 42.8 Å². The van der Waals surface area contributed by atoms with E-state index in [1.807, 2.05) is 59.3 Å². The van der Waals surface area contributed by atoms with Gasteiger partial charge in [0, 0.05) is 18.7 Å². The van der Waals surface area contributed by atoms with Gasteiger partial charge in [-0.1, -0.05) is 18.2 Å². The number of aromatic nitrogens is 2. The largest absolute Gasteiger partial charge is 0.457 e. The van der Waals surface area contributed by atoms with Gasteiger partial charge in [0.2, 0.25) is 0 Å². The highest BCUT2D eigenvalue weighted by atomic mass is 16.5. The molecule has 0 radical (unpaired) electrons. The van der Waals surface area contributed by atoms with Crippen LogP contribution >= 0.6 is 0 Å². The van der Waals surface area contributed by atoms with Crippen LogP contribution in [0.4, 0.5) is 5.82 Å². The van der Waals surface area contributed by atoms with Crippen LogP contribution in [0, 0.1) is 0 Å². The van der Waals surface area contributed by atoms with Gasteiger partial charge in [0.15, 0.2) is 0 Å². The van der Waals surface area contributed by atoms with Crippen molar-refractivity contribution in [2.24, 2.45) is 5.73 Å². The molecule has 0 spiro atoms. The number of nitrogens with two attached hydrogens (primary N) is 1. The molecule has 4 rings (SSSR count). The molecule has 1 aliphatic rings. The molecule has 6 nitrogen and oxygen atoms in total. The van der Waals surface area contributed by atoms with Crippen LogP contribution in [0.2, 0.25) is 0 Å². The molecule has 1 aromatic heterocycles. The molecule has 0 saturated carbocycles. The van der Waals surface area contributed by atoms with Crippen molar-refractivity contribution in [2.45, 2.75) is 13.0 Å². The lowest BCUT2D eigenvalue weighted by Crippen LogP contribution is -2.21. The Morgan fingerprint density at radius 1 is 1.08 bits per heavy atom. The molecule has 1 aliphatic heterocycles. The van der Waals surface area contributed by atoms with E-state index in [9.17, 15) is 4.79 Å². The lowest BCUT2D eigenvalue weighted by atomic mass is 10.1. The third-order valence-electron chi connectivity index (χ3n) is 4.14. The molecule has 126 valence electrons. The summed E-state index contributed by atoms with van der Waals surface area (Å²) < 4.78 is 7.61. The molecule has 3 aromatic rings. The van der Waals surface area contributed by atoms with Crippen molar-refractivity contribution in [1.29, 1.82) is 0 Å². The summed E-state index contributed by atoms with van der Waals surface area (Å²) in [6, 6.07) is 17.1. The minimum absolute atomic E-state index is 0.441. The Morgan fingerprint density at radius 3 is 2.52 bits per heavy atom. The number of nitrogens with one attached hydrogen (secondary N) is 1. The normalized spacial score (nSPS) is 13.0. The van der Waals surface area contributed by atoms with Gasteiger partial charge >= 0.3 is 0 Å². The van der Waals surface area contributed by atoms with E-state index in [-0.39, 0.29) is 0 Å². The highest BCUT2D eigenvalue weighted by Crippen LogP contribution is 2.32. The second-order valence-corrected chi connectivity index (χ2v) is 5.88. The fourth-order valence-corrected chi connectivity index (χ4v) is 2.98. The summed E-state index contributed by atoms with van der Waals surface area (Å²) in [6.45, 7) is 1.59. The van der Waals surface area contributed by atoms with Gasteiger partial charge in [-0.25, -0.2) is 4.68 Å². The van der Waals surface area contributed by atoms with Crippen LogP contribution in [0.25, 0.3) is 11.3 Å². The minimum Gasteiger partial charge on any atom is -0.457 e. The number of hydrogen-bond donors (Lipinski definition) is 2. The van der Waals surface area contributed by atoms with Crippen LogP contribution in [-0.4, -0.2) is 22.2 Å². The molecule has 1 amide bonds. The summed E-state index contributed by atoms with van der Waals surface area (Å²) in [5.41, 5.74) is 7.47. The van der Waals surface area contributed by atoms with Crippen molar-refractivity contribution in [1.82, 2.24) is 9.78 Å². The van der Waals surface area contributed by atoms with Crippen LogP contribution in [0.3, 0.4) is 0 Å². The Bertz CT molecular complexity index is 901. The Morgan fingerprint density at radius 2 is 1.80 bits per heavy atom. The van der Waals surface area contributed by atoms with Gasteiger partial charge in [-0.2, -0.15) is 5.10 Å². The molecule has 25 heavy (non-hydrogen) atoms. The summed E-state index contributed by atoms with van der Waals surface area (Å²) in [4.78, 5) is 11.9. The van der Waals surface area contributed by atoms with Crippen LogP contribution in [0.5, 0.6) is 11.5 Å². The second kappa shape index (κ2) is 6.32. The number of hydrogen-bond acceptors (Lipinski definition) is 4. The number of carbonyl (C=O) groups is 1. The number of amides is 1. The molecule has 2 heterocycles. The van der Waals surface area contributed by atoms with Crippen LogP contribution < -0.4 is 15.8 Å². The monoisotopic (exact) mass is 334 g/mol. The molecule has 0 bridgehead atoms. The quantitative estimate of drug-likeness (QED) is 0.767. The van der Waals surface area contributed by atoms with E-state index in [2.05, 4.69) is 10.4 Å². The van der Waals surface area contributed by atoms with E-state index < -0.39 is 5.91 Å². The van der Waals surface area contributed by atoms with E-state index in [1.165, 1.54) is 0 Å². The molecule has 3 N–H and O–H groups in total. The highest BCUT2D eigenvalue weighted by molar-refractivity contribution is 6.03. The molecule has 0 atom stereocenters. The van der Waals surface area contributed by atoms with Gasteiger partial charge in [-0.15, -0.1) is 0 Å². The zero-order chi connectivity index (χ0) is 17.2. The van der Waals surface area contributed by atoms with Gasteiger partial charge < -0.3 is 15.8 Å². The standard InChI is InChI=1S/C19H18N4O2/c20-18(24)16-17(22-23-12-4-11-21-19(16)23)13-7-9-15(10-8-13)25-14-5-2-1-3-6-14/h1-3,5-10,21H,4,11-12H2,(H2,20,24). The Balaban J connectivity index is 1.66. The first kappa shape index (κ1) is 15.3. The molecule has 0 saturated heterocycles. The highest BCUT2D eigenvalue weighted by Gasteiger charge is 2.24. The predicted octanol–water partition coefficient (Wildman–Crippen LogP) is 3.26. The average molecular weight is 334 g/mol. The summed E-state index contributed by atoms with van der Waals surface area (Å²) in [5.74, 6) is 1.72. The number of aryl methyl sites for hydroxylation is 1. The SMILES string of the molecule is NC(=O)c1c(-c2ccc(Oc3ccccc3)cc2)nn2c1NCCC2.